The third-order valence-electron chi connectivity index (χ3n) is 3.04. The Kier molecular flexibility index (Phi) is 5.16. The number of nitrogens with zero attached hydrogens (tertiary/aromatic N) is 1. The summed E-state index contributed by atoms with van der Waals surface area (Å²) in [4.78, 5) is 12.7. The molecule has 0 radical (unpaired) electrons. The van der Waals surface area contributed by atoms with Gasteiger partial charge in [-0.25, -0.2) is 0 Å². The van der Waals surface area contributed by atoms with Crippen molar-refractivity contribution in [1.82, 2.24) is 4.90 Å². The molecule has 3 heteroatoms. The van der Waals surface area contributed by atoms with E-state index in [9.17, 15) is 4.79 Å². The Bertz CT molecular complexity index is 374. The summed E-state index contributed by atoms with van der Waals surface area (Å²) in [6, 6.07) is 8.60. The average Bonchev–Trinajstić information content (AvgIpc) is 2.25. The number of rotatable bonds is 6. The van der Waals surface area contributed by atoms with E-state index in [1.165, 1.54) is 11.1 Å². The molecular formula is C14H21NO2. The summed E-state index contributed by atoms with van der Waals surface area (Å²) in [6.45, 7) is 2.10. The number of hydrogen-bond donors (Lipinski definition) is 1. The zero-order valence-electron chi connectivity index (χ0n) is 10.8. The first-order chi connectivity index (χ1) is 8.02. The van der Waals surface area contributed by atoms with Gasteiger partial charge in [0.2, 0.25) is 0 Å². The molecule has 3 nitrogen and oxygen atoms in total. The van der Waals surface area contributed by atoms with Gasteiger partial charge >= 0.3 is 5.97 Å². The van der Waals surface area contributed by atoms with Crippen LogP contribution in [0, 0.1) is 6.92 Å². The fourth-order valence-electron chi connectivity index (χ4n) is 2.10. The molecule has 0 saturated heterocycles. The predicted molar refractivity (Wildman–Crippen MR) is 69.1 cm³/mol. The number of benzene rings is 1. The second-order valence-electron chi connectivity index (χ2n) is 4.62. The normalized spacial score (nSPS) is 12.7. The van der Waals surface area contributed by atoms with Crippen molar-refractivity contribution in [3.63, 3.8) is 0 Å². The van der Waals surface area contributed by atoms with Gasteiger partial charge in [0.05, 0.1) is 0 Å². The van der Waals surface area contributed by atoms with Gasteiger partial charge in [-0.1, -0.05) is 24.3 Å². The van der Waals surface area contributed by atoms with Gasteiger partial charge in [0.1, 0.15) is 0 Å². The molecule has 0 spiro atoms. The minimum Gasteiger partial charge on any atom is -0.481 e. The SMILES string of the molecule is Cc1ccccc1C(CCCC(=O)O)N(C)C. The number of aryl methyl sites for hydroxylation is 1. The largest absolute Gasteiger partial charge is 0.481 e. The Hall–Kier alpha value is -1.35. The fraction of sp³-hybridized carbons (Fsp3) is 0.500. The van der Waals surface area contributed by atoms with Crippen molar-refractivity contribution in [1.29, 1.82) is 0 Å². The molecule has 0 saturated carbocycles. The molecule has 94 valence electrons. The second kappa shape index (κ2) is 6.40. The van der Waals surface area contributed by atoms with Gasteiger partial charge in [0.25, 0.3) is 0 Å². The molecule has 1 unspecified atom stereocenters. The van der Waals surface area contributed by atoms with Gasteiger partial charge in [0.15, 0.2) is 0 Å². The summed E-state index contributed by atoms with van der Waals surface area (Å²) in [5, 5.41) is 8.68. The van der Waals surface area contributed by atoms with E-state index >= 15 is 0 Å². The lowest BCUT2D eigenvalue weighted by molar-refractivity contribution is -0.137. The first-order valence-electron chi connectivity index (χ1n) is 5.96. The van der Waals surface area contributed by atoms with Crippen LogP contribution in [0.25, 0.3) is 0 Å². The van der Waals surface area contributed by atoms with Gasteiger partial charge < -0.3 is 10.0 Å². The van der Waals surface area contributed by atoms with Crippen LogP contribution in [0.1, 0.15) is 36.4 Å². The molecule has 0 heterocycles. The maximum atomic E-state index is 10.5. The minimum absolute atomic E-state index is 0.246. The maximum absolute atomic E-state index is 10.5. The van der Waals surface area contributed by atoms with E-state index in [0.29, 0.717) is 12.5 Å². The van der Waals surface area contributed by atoms with Gasteiger partial charge in [-0.05, 0) is 45.0 Å². The number of carboxylic acids is 1. The van der Waals surface area contributed by atoms with Crippen molar-refractivity contribution in [3.8, 4) is 0 Å². The number of aliphatic carboxylic acids is 1. The van der Waals surface area contributed by atoms with Gasteiger partial charge in [-0.2, -0.15) is 0 Å². The fourth-order valence-corrected chi connectivity index (χ4v) is 2.10. The summed E-state index contributed by atoms with van der Waals surface area (Å²) >= 11 is 0. The lowest BCUT2D eigenvalue weighted by Crippen LogP contribution is -2.21. The van der Waals surface area contributed by atoms with Gasteiger partial charge in [-0.15, -0.1) is 0 Å². The van der Waals surface area contributed by atoms with Crippen LogP contribution in [0.3, 0.4) is 0 Å². The number of carbonyl (C=O) groups is 1. The van der Waals surface area contributed by atoms with Crippen molar-refractivity contribution in [2.45, 2.75) is 32.2 Å². The molecule has 1 aromatic carbocycles. The number of carboxylic acid groups (broad SMARTS) is 1. The van der Waals surface area contributed by atoms with Crippen molar-refractivity contribution in [2.24, 2.45) is 0 Å². The van der Waals surface area contributed by atoms with E-state index in [2.05, 4.69) is 24.0 Å². The molecule has 0 aliphatic carbocycles. The lowest BCUT2D eigenvalue weighted by atomic mass is 9.96. The maximum Gasteiger partial charge on any atom is 0.303 e. The highest BCUT2D eigenvalue weighted by Crippen LogP contribution is 2.26. The van der Waals surface area contributed by atoms with Crippen LogP contribution in [0.15, 0.2) is 24.3 Å². The molecule has 0 amide bonds. The summed E-state index contributed by atoms with van der Waals surface area (Å²) in [7, 11) is 4.08. The van der Waals surface area contributed by atoms with Crippen molar-refractivity contribution < 1.29 is 9.90 Å². The van der Waals surface area contributed by atoms with E-state index < -0.39 is 5.97 Å². The van der Waals surface area contributed by atoms with Gasteiger partial charge in [0, 0.05) is 12.5 Å². The Labute approximate surface area is 103 Å². The van der Waals surface area contributed by atoms with E-state index in [1.807, 2.05) is 26.2 Å². The molecule has 0 aromatic heterocycles. The van der Waals surface area contributed by atoms with Crippen molar-refractivity contribution in [3.05, 3.63) is 35.4 Å². The third kappa shape index (κ3) is 4.19. The van der Waals surface area contributed by atoms with Crippen molar-refractivity contribution >= 4 is 5.97 Å². The molecular weight excluding hydrogens is 214 g/mol. The topological polar surface area (TPSA) is 40.5 Å². The Morgan fingerprint density at radius 3 is 2.53 bits per heavy atom. The highest BCUT2D eigenvalue weighted by atomic mass is 16.4. The molecule has 17 heavy (non-hydrogen) atoms. The predicted octanol–water partition coefficient (Wildman–Crippen LogP) is 2.85. The molecule has 0 bridgehead atoms. The van der Waals surface area contributed by atoms with Crippen LogP contribution in [-0.4, -0.2) is 30.1 Å². The summed E-state index contributed by atoms with van der Waals surface area (Å²) < 4.78 is 0. The third-order valence-corrected chi connectivity index (χ3v) is 3.04. The Morgan fingerprint density at radius 1 is 1.35 bits per heavy atom. The Morgan fingerprint density at radius 2 is 2.00 bits per heavy atom. The molecule has 1 atom stereocenters. The van der Waals surface area contributed by atoms with Crippen molar-refractivity contribution in [2.75, 3.05) is 14.1 Å². The number of hydrogen-bond acceptors (Lipinski definition) is 2. The van der Waals surface area contributed by atoms with E-state index in [-0.39, 0.29) is 6.42 Å². The highest BCUT2D eigenvalue weighted by Gasteiger charge is 2.15. The van der Waals surface area contributed by atoms with E-state index in [4.69, 9.17) is 5.11 Å². The van der Waals surface area contributed by atoms with Crippen LogP contribution < -0.4 is 0 Å². The quantitative estimate of drug-likeness (QED) is 0.824. The van der Waals surface area contributed by atoms with Crippen LogP contribution in [0.4, 0.5) is 0 Å². The molecule has 1 aromatic rings. The first kappa shape index (κ1) is 13.7. The first-order valence-corrected chi connectivity index (χ1v) is 5.96. The van der Waals surface area contributed by atoms with E-state index in [0.717, 1.165) is 6.42 Å². The summed E-state index contributed by atoms with van der Waals surface area (Å²) in [6.07, 6.45) is 1.84. The monoisotopic (exact) mass is 235 g/mol. The van der Waals surface area contributed by atoms with Gasteiger partial charge in [-0.3, -0.25) is 4.79 Å². The summed E-state index contributed by atoms with van der Waals surface area (Å²) in [5.74, 6) is -0.715. The molecule has 0 fully saturated rings. The molecule has 1 rings (SSSR count). The van der Waals surface area contributed by atoms with Crippen LogP contribution >= 0.6 is 0 Å². The molecule has 1 N–H and O–H groups in total. The van der Waals surface area contributed by atoms with Crippen LogP contribution in [-0.2, 0) is 4.79 Å². The Balaban J connectivity index is 2.73. The highest BCUT2D eigenvalue weighted by molar-refractivity contribution is 5.66. The van der Waals surface area contributed by atoms with E-state index in [1.54, 1.807) is 0 Å². The lowest BCUT2D eigenvalue weighted by Gasteiger charge is -2.26. The minimum atomic E-state index is -0.715. The zero-order valence-corrected chi connectivity index (χ0v) is 10.8. The van der Waals surface area contributed by atoms with Crippen LogP contribution in [0.5, 0.6) is 0 Å². The molecule has 0 aliphatic heterocycles. The smallest absolute Gasteiger partial charge is 0.303 e. The molecule has 0 aliphatic rings. The second-order valence-corrected chi connectivity index (χ2v) is 4.62. The summed E-state index contributed by atoms with van der Waals surface area (Å²) in [5.41, 5.74) is 2.56. The van der Waals surface area contributed by atoms with Crippen LogP contribution in [0.2, 0.25) is 0 Å². The average molecular weight is 235 g/mol. The zero-order chi connectivity index (χ0) is 12.8. The standard InChI is InChI=1S/C14H21NO2/c1-11-7-4-5-8-12(11)13(15(2)3)9-6-10-14(16)17/h4-5,7-8,13H,6,9-10H2,1-3H3,(H,16,17).